The molecule has 2 aromatic carbocycles. The van der Waals surface area contributed by atoms with Crippen LogP contribution in [0, 0.1) is 5.92 Å². The number of esters is 2. The van der Waals surface area contributed by atoms with Gasteiger partial charge in [-0.3, -0.25) is 14.4 Å². The fourth-order valence-electron chi connectivity index (χ4n) is 3.62. The van der Waals surface area contributed by atoms with Crippen molar-refractivity contribution in [3.05, 3.63) is 64.7 Å². The molecule has 2 heterocycles. The number of nitrogens with one attached hydrogen (secondary N) is 1. The smallest absolute Gasteiger partial charge is 0.323 e. The molecule has 8 nitrogen and oxygen atoms in total. The average molecular weight is 429 g/mol. The molecule has 0 saturated heterocycles. The van der Waals surface area contributed by atoms with Gasteiger partial charge in [0.2, 0.25) is 0 Å². The summed E-state index contributed by atoms with van der Waals surface area (Å²) in [6, 6.07) is 13.5. The summed E-state index contributed by atoms with van der Waals surface area (Å²) in [5, 5.41) is 3.22. The maximum Gasteiger partial charge on any atom is 0.323 e. The topological polar surface area (TPSA) is 103 Å². The summed E-state index contributed by atoms with van der Waals surface area (Å²) < 4.78 is 15.7. The van der Waals surface area contributed by atoms with Gasteiger partial charge >= 0.3 is 11.9 Å². The van der Waals surface area contributed by atoms with Gasteiger partial charge in [0.1, 0.15) is 6.10 Å². The fraction of sp³-hybridized carbons (Fsp3) is 0.238. The number of amides is 1. The number of halogens is 1. The highest BCUT2D eigenvalue weighted by Gasteiger charge is 2.58. The van der Waals surface area contributed by atoms with E-state index in [9.17, 15) is 14.4 Å². The van der Waals surface area contributed by atoms with Gasteiger partial charge in [-0.25, -0.2) is 4.99 Å². The minimum absolute atomic E-state index is 0.235. The van der Waals surface area contributed by atoms with Gasteiger partial charge in [0.15, 0.2) is 5.92 Å². The van der Waals surface area contributed by atoms with E-state index in [0.717, 1.165) is 14.2 Å². The summed E-state index contributed by atoms with van der Waals surface area (Å²) in [6.45, 7) is 0. The van der Waals surface area contributed by atoms with E-state index in [2.05, 4.69) is 10.3 Å². The van der Waals surface area contributed by atoms with Gasteiger partial charge in [-0.05, 0) is 23.8 Å². The Balaban J connectivity index is 1.89. The second-order valence-corrected chi connectivity index (χ2v) is 7.15. The number of rotatable bonds is 4. The van der Waals surface area contributed by atoms with Crippen LogP contribution < -0.4 is 5.32 Å². The van der Waals surface area contributed by atoms with E-state index in [1.54, 1.807) is 48.5 Å². The van der Waals surface area contributed by atoms with Crippen LogP contribution in [-0.2, 0) is 34.3 Å². The van der Waals surface area contributed by atoms with E-state index in [1.165, 1.54) is 0 Å². The van der Waals surface area contributed by atoms with Crippen molar-refractivity contribution in [3.63, 3.8) is 0 Å². The molecule has 9 heteroatoms. The summed E-state index contributed by atoms with van der Waals surface area (Å²) in [5.41, 5.74) is 0.0549. The second-order valence-electron chi connectivity index (χ2n) is 6.71. The van der Waals surface area contributed by atoms with Crippen LogP contribution in [0.2, 0.25) is 5.02 Å². The Kier molecular flexibility index (Phi) is 5.05. The molecule has 1 spiro atoms. The number of carbonyl (C=O) groups excluding carboxylic acids is 3. The van der Waals surface area contributed by atoms with Crippen molar-refractivity contribution in [1.82, 2.24) is 0 Å². The Hall–Kier alpha value is -3.23. The number of hydrogen-bond donors (Lipinski definition) is 1. The van der Waals surface area contributed by atoms with Crippen LogP contribution in [0.5, 0.6) is 0 Å². The number of aliphatic imine (C=N–C) groups is 1. The molecule has 0 saturated carbocycles. The molecule has 1 N–H and O–H groups in total. The van der Waals surface area contributed by atoms with E-state index in [4.69, 9.17) is 25.8 Å². The molecule has 0 aliphatic carbocycles. The lowest BCUT2D eigenvalue weighted by atomic mass is 9.94. The van der Waals surface area contributed by atoms with E-state index in [0.29, 0.717) is 21.8 Å². The first-order valence-corrected chi connectivity index (χ1v) is 9.39. The van der Waals surface area contributed by atoms with Crippen LogP contribution in [0.1, 0.15) is 11.1 Å². The predicted octanol–water partition coefficient (Wildman–Crippen LogP) is 2.30. The lowest BCUT2D eigenvalue weighted by Gasteiger charge is -2.24. The zero-order chi connectivity index (χ0) is 21.5. The highest BCUT2D eigenvalue weighted by Crippen LogP contribution is 2.46. The molecule has 1 amide bonds. The standard InChI is InChI=1S/C21H17ClN2O6/c1-28-18(25)15(19(26)29-2)17-16(11-7-9-12(22)10-8-11)24-21(30-17)13-5-3-4-6-14(13)23-20(21)27/h3-10,15,17H,1-2H3,(H,23,27)/t17-,21-/m0/s1. The zero-order valence-corrected chi connectivity index (χ0v) is 16.8. The zero-order valence-electron chi connectivity index (χ0n) is 16.0. The Bertz CT molecular complexity index is 1050. The van der Waals surface area contributed by atoms with Gasteiger partial charge in [-0.15, -0.1) is 0 Å². The Morgan fingerprint density at radius 1 is 1.10 bits per heavy atom. The quantitative estimate of drug-likeness (QED) is 0.592. The number of benzene rings is 2. The summed E-state index contributed by atoms with van der Waals surface area (Å²) in [4.78, 5) is 42.5. The molecule has 154 valence electrons. The largest absolute Gasteiger partial charge is 0.468 e. The van der Waals surface area contributed by atoms with Gasteiger partial charge in [-0.2, -0.15) is 0 Å². The Morgan fingerprint density at radius 2 is 1.73 bits per heavy atom. The van der Waals surface area contributed by atoms with E-state index in [1.807, 2.05) is 0 Å². The van der Waals surface area contributed by atoms with Crippen molar-refractivity contribution in [3.8, 4) is 0 Å². The molecule has 4 rings (SSSR count). The maximum atomic E-state index is 12.9. The monoisotopic (exact) mass is 428 g/mol. The van der Waals surface area contributed by atoms with E-state index >= 15 is 0 Å². The van der Waals surface area contributed by atoms with Crippen LogP contribution in [-0.4, -0.2) is 43.9 Å². The van der Waals surface area contributed by atoms with Gasteiger partial charge in [-0.1, -0.05) is 41.9 Å². The normalized spacial score (nSPS) is 21.9. The molecule has 0 fully saturated rings. The number of carbonyl (C=O) groups is 3. The minimum atomic E-state index is -1.74. The van der Waals surface area contributed by atoms with Gasteiger partial charge in [0, 0.05) is 16.3 Å². The van der Waals surface area contributed by atoms with Crippen molar-refractivity contribution in [1.29, 1.82) is 0 Å². The van der Waals surface area contributed by atoms with E-state index in [-0.39, 0.29) is 5.71 Å². The fourth-order valence-corrected chi connectivity index (χ4v) is 3.74. The number of ether oxygens (including phenoxy) is 3. The molecule has 2 aliphatic rings. The van der Waals surface area contributed by atoms with Crippen molar-refractivity contribution >= 4 is 40.8 Å². The van der Waals surface area contributed by atoms with Crippen molar-refractivity contribution in [2.45, 2.75) is 11.8 Å². The second kappa shape index (κ2) is 7.55. The summed E-state index contributed by atoms with van der Waals surface area (Å²) in [6.07, 6.45) is -1.22. The molecule has 0 aromatic heterocycles. The Labute approximate surface area is 176 Å². The van der Waals surface area contributed by atoms with Crippen molar-refractivity contribution in [2.24, 2.45) is 10.9 Å². The SMILES string of the molecule is COC(=O)C(C(=O)OC)[C@@H]1O[C@]2(N=C1c1ccc(Cl)cc1)C(=O)Nc1ccccc12. The lowest BCUT2D eigenvalue weighted by Crippen LogP contribution is -2.44. The number of hydrogen-bond acceptors (Lipinski definition) is 7. The lowest BCUT2D eigenvalue weighted by molar-refractivity contribution is -0.170. The molecule has 2 aromatic rings. The van der Waals surface area contributed by atoms with Crippen molar-refractivity contribution in [2.75, 3.05) is 19.5 Å². The molecule has 30 heavy (non-hydrogen) atoms. The summed E-state index contributed by atoms with van der Waals surface area (Å²) in [5.74, 6) is -3.73. The molecular formula is C21H17ClN2O6. The first-order valence-electron chi connectivity index (χ1n) is 9.01. The Morgan fingerprint density at radius 3 is 2.37 bits per heavy atom. The number of fused-ring (bicyclic) bond motifs is 2. The van der Waals surface area contributed by atoms with Gasteiger partial charge < -0.3 is 19.5 Å². The number of nitrogens with zero attached hydrogens (tertiary/aromatic N) is 1. The first kappa shape index (κ1) is 20.1. The first-order chi connectivity index (χ1) is 14.4. The molecule has 0 bridgehead atoms. The van der Waals surface area contributed by atoms with Crippen LogP contribution in [0.3, 0.4) is 0 Å². The molecule has 2 aliphatic heterocycles. The van der Waals surface area contributed by atoms with Gasteiger partial charge in [0.25, 0.3) is 11.6 Å². The van der Waals surface area contributed by atoms with Crippen LogP contribution in [0.4, 0.5) is 5.69 Å². The van der Waals surface area contributed by atoms with Crippen LogP contribution >= 0.6 is 11.6 Å². The highest BCUT2D eigenvalue weighted by atomic mass is 35.5. The van der Waals surface area contributed by atoms with Gasteiger partial charge in [0.05, 0.1) is 19.9 Å². The van der Waals surface area contributed by atoms with Crippen LogP contribution in [0.25, 0.3) is 0 Å². The van der Waals surface area contributed by atoms with Crippen molar-refractivity contribution < 1.29 is 28.6 Å². The predicted molar refractivity (Wildman–Crippen MR) is 107 cm³/mol. The molecule has 0 unspecified atom stereocenters. The molecular weight excluding hydrogens is 412 g/mol. The number of para-hydroxylation sites is 1. The third-order valence-corrected chi connectivity index (χ3v) is 5.30. The van der Waals surface area contributed by atoms with E-state index < -0.39 is 35.6 Å². The van der Waals surface area contributed by atoms with Crippen LogP contribution in [0.15, 0.2) is 53.5 Å². The number of anilines is 1. The highest BCUT2D eigenvalue weighted by molar-refractivity contribution is 6.30. The number of methoxy groups -OCH3 is 2. The third-order valence-electron chi connectivity index (χ3n) is 5.05. The summed E-state index contributed by atoms with van der Waals surface area (Å²) >= 11 is 5.99. The maximum absolute atomic E-state index is 12.9. The molecule has 0 radical (unpaired) electrons. The molecule has 2 atom stereocenters. The minimum Gasteiger partial charge on any atom is -0.468 e. The average Bonchev–Trinajstić information content (AvgIpc) is 3.27. The summed E-state index contributed by atoms with van der Waals surface area (Å²) in [7, 11) is 2.30. The third kappa shape index (κ3) is 3.05.